The van der Waals surface area contributed by atoms with E-state index < -0.39 is 0 Å². The summed E-state index contributed by atoms with van der Waals surface area (Å²) in [6.07, 6.45) is 1.14. The monoisotopic (exact) mass is 175 g/mol. The van der Waals surface area contributed by atoms with Crippen LogP contribution in [0.1, 0.15) is 27.7 Å². The normalized spacial score (nSPS) is 11.6. The van der Waals surface area contributed by atoms with Gasteiger partial charge in [-0.25, -0.2) is 0 Å². The summed E-state index contributed by atoms with van der Waals surface area (Å²) in [6, 6.07) is 0. The molecule has 0 unspecified atom stereocenters. The Balaban J connectivity index is 4.22. The van der Waals surface area contributed by atoms with E-state index in [0.717, 1.165) is 11.2 Å². The third-order valence-corrected chi connectivity index (χ3v) is 2.36. The molecular weight excluding hydrogens is 158 g/mol. The molecule has 0 heterocycles. The van der Waals surface area contributed by atoms with E-state index in [9.17, 15) is 0 Å². The lowest BCUT2D eigenvalue weighted by Gasteiger charge is -2.36. The Morgan fingerprint density at radius 1 is 1.50 bits per heavy atom. The third-order valence-electron chi connectivity index (χ3n) is 1.51. The van der Waals surface area contributed by atoms with Crippen LogP contribution >= 0.6 is 12.2 Å². The van der Waals surface area contributed by atoms with Crippen molar-refractivity contribution in [2.24, 2.45) is 0 Å². The predicted octanol–water partition coefficient (Wildman–Crippen LogP) is 0.757. The Morgan fingerprint density at radius 2 is 1.90 bits per heavy atom. The molecule has 0 spiro atoms. The van der Waals surface area contributed by atoms with Gasteiger partial charge in [0.25, 0.3) is 0 Å². The fourth-order valence-electron chi connectivity index (χ4n) is 1.17. The van der Waals surface area contributed by atoms with Crippen LogP contribution in [-0.2, 0) is 0 Å². The van der Waals surface area contributed by atoms with Crippen molar-refractivity contribution in [3.8, 4) is 0 Å². The zero-order valence-electron chi connectivity index (χ0n) is 7.56. The van der Waals surface area contributed by atoms with Crippen LogP contribution in [0.3, 0.4) is 0 Å². The second-order valence-corrected chi connectivity index (χ2v) is 4.66. The summed E-state index contributed by atoms with van der Waals surface area (Å²) >= 11 is 5.11. The molecule has 0 rings (SSSR count). The summed E-state index contributed by atoms with van der Waals surface area (Å²) < 4.78 is 0. The van der Waals surface area contributed by atoms with Gasteiger partial charge in [0.15, 0.2) is 0 Å². The number of nitrogens with zero attached hydrogens (tertiary/aromatic N) is 1. The fraction of sp³-hybridized carbons (Fsp3) is 0.857. The van der Waals surface area contributed by atoms with Crippen molar-refractivity contribution >= 4 is 27.4 Å². The molecule has 60 valence electrons. The summed E-state index contributed by atoms with van der Waals surface area (Å²) in [4.78, 5) is 3.29. The van der Waals surface area contributed by atoms with E-state index in [-0.39, 0.29) is 5.54 Å². The highest BCUT2D eigenvalue weighted by Gasteiger charge is 2.18. The average molecular weight is 175 g/mol. The van der Waals surface area contributed by atoms with E-state index in [0.29, 0.717) is 0 Å². The highest BCUT2D eigenvalue weighted by atomic mass is 32.1. The maximum absolute atomic E-state index is 5.11. The second kappa shape index (κ2) is 3.48. The van der Waals surface area contributed by atoms with Crippen LogP contribution in [-0.4, -0.2) is 31.8 Å². The minimum atomic E-state index is 0.216. The summed E-state index contributed by atoms with van der Waals surface area (Å²) in [5.41, 5.74) is 0.216. The SMILES string of the molecule is CC(=S)N(C[SiH3])C(C)(C)C. The molecule has 3 heteroatoms. The molecule has 0 aromatic carbocycles. The number of thiocarbonyl (C=S) groups is 1. The first-order chi connectivity index (χ1) is 4.39. The third kappa shape index (κ3) is 2.79. The van der Waals surface area contributed by atoms with Gasteiger partial charge in [-0.3, -0.25) is 0 Å². The molecule has 0 aliphatic rings. The molecule has 1 nitrogen and oxygen atoms in total. The Labute approximate surface area is 72.2 Å². The molecule has 0 aliphatic carbocycles. The molecule has 0 radical (unpaired) electrons. The van der Waals surface area contributed by atoms with Crippen molar-refractivity contribution in [3.05, 3.63) is 0 Å². The quantitative estimate of drug-likeness (QED) is 0.427. The highest BCUT2D eigenvalue weighted by molar-refractivity contribution is 7.80. The van der Waals surface area contributed by atoms with Gasteiger partial charge in [0.1, 0.15) is 0 Å². The van der Waals surface area contributed by atoms with Gasteiger partial charge < -0.3 is 4.90 Å². The van der Waals surface area contributed by atoms with E-state index in [1.165, 1.54) is 10.2 Å². The summed E-state index contributed by atoms with van der Waals surface area (Å²) in [6.45, 7) is 8.58. The van der Waals surface area contributed by atoms with Crippen LogP contribution in [0, 0.1) is 0 Å². The molecule has 0 amide bonds. The second-order valence-electron chi connectivity index (χ2n) is 3.43. The van der Waals surface area contributed by atoms with Gasteiger partial charge in [0.05, 0.1) is 4.99 Å². The van der Waals surface area contributed by atoms with Crippen molar-refractivity contribution in [1.82, 2.24) is 4.90 Å². The zero-order chi connectivity index (χ0) is 8.36. The molecule has 0 aromatic heterocycles. The first kappa shape index (κ1) is 10.1. The van der Waals surface area contributed by atoms with Crippen LogP contribution in [0.5, 0.6) is 0 Å². The first-order valence-corrected chi connectivity index (χ1v) is 5.50. The lowest BCUT2D eigenvalue weighted by Crippen LogP contribution is -2.44. The Kier molecular flexibility index (Phi) is 3.52. The molecule has 10 heavy (non-hydrogen) atoms. The number of rotatable bonds is 1. The summed E-state index contributed by atoms with van der Waals surface area (Å²) in [5.74, 6) is 0. The van der Waals surface area contributed by atoms with Gasteiger partial charge in [0, 0.05) is 21.9 Å². The molecular formula is C7H17NSSi. The average Bonchev–Trinajstić information content (AvgIpc) is 1.60. The fourth-order valence-corrected chi connectivity index (χ4v) is 3.22. The van der Waals surface area contributed by atoms with E-state index in [1.54, 1.807) is 0 Å². The molecule has 0 atom stereocenters. The Bertz CT molecular complexity index is 128. The minimum Gasteiger partial charge on any atom is -0.366 e. The maximum Gasteiger partial charge on any atom is 0.0749 e. The van der Waals surface area contributed by atoms with Crippen LogP contribution in [0.15, 0.2) is 0 Å². The molecule has 0 fully saturated rings. The van der Waals surface area contributed by atoms with E-state index in [4.69, 9.17) is 12.2 Å². The lowest BCUT2D eigenvalue weighted by atomic mass is 10.1. The molecule has 0 bridgehead atoms. The molecule has 0 N–H and O–H groups in total. The standard InChI is InChI=1S/C7H17NSSi/c1-6(9)8(5-10)7(2,3)4/h5H2,1-4,10H3. The van der Waals surface area contributed by atoms with Crippen molar-refractivity contribution in [2.75, 3.05) is 6.17 Å². The van der Waals surface area contributed by atoms with E-state index in [1.807, 2.05) is 6.92 Å². The van der Waals surface area contributed by atoms with Gasteiger partial charge in [-0.1, -0.05) is 12.2 Å². The van der Waals surface area contributed by atoms with Crippen molar-refractivity contribution in [1.29, 1.82) is 0 Å². The van der Waals surface area contributed by atoms with Crippen LogP contribution in [0.25, 0.3) is 0 Å². The first-order valence-electron chi connectivity index (χ1n) is 3.67. The summed E-state index contributed by atoms with van der Waals surface area (Å²) in [5, 5.41) is 0. The van der Waals surface area contributed by atoms with Crippen LogP contribution < -0.4 is 0 Å². The van der Waals surface area contributed by atoms with Gasteiger partial charge >= 0.3 is 0 Å². The number of hydrogen-bond acceptors (Lipinski definition) is 1. The van der Waals surface area contributed by atoms with Crippen molar-refractivity contribution in [2.45, 2.75) is 33.2 Å². The van der Waals surface area contributed by atoms with Gasteiger partial charge in [0.2, 0.25) is 0 Å². The lowest BCUT2D eigenvalue weighted by molar-refractivity contribution is 0.272. The Hall–Kier alpha value is 0.107. The smallest absolute Gasteiger partial charge is 0.0749 e. The minimum absolute atomic E-state index is 0.216. The van der Waals surface area contributed by atoms with Crippen molar-refractivity contribution in [3.63, 3.8) is 0 Å². The van der Waals surface area contributed by atoms with E-state index in [2.05, 4.69) is 25.7 Å². The molecule has 0 saturated heterocycles. The number of hydrogen-bond donors (Lipinski definition) is 0. The molecule has 0 aromatic rings. The zero-order valence-corrected chi connectivity index (χ0v) is 10.4. The van der Waals surface area contributed by atoms with Crippen LogP contribution in [0.4, 0.5) is 0 Å². The van der Waals surface area contributed by atoms with Crippen molar-refractivity contribution < 1.29 is 0 Å². The van der Waals surface area contributed by atoms with Gasteiger partial charge in [-0.2, -0.15) is 0 Å². The Morgan fingerprint density at radius 3 is 1.90 bits per heavy atom. The highest BCUT2D eigenvalue weighted by Crippen LogP contribution is 2.12. The van der Waals surface area contributed by atoms with Crippen LogP contribution in [0.2, 0.25) is 0 Å². The predicted molar refractivity (Wildman–Crippen MR) is 54.7 cm³/mol. The molecule has 0 aliphatic heterocycles. The topological polar surface area (TPSA) is 3.24 Å². The summed E-state index contributed by atoms with van der Waals surface area (Å²) in [7, 11) is 1.19. The van der Waals surface area contributed by atoms with Gasteiger partial charge in [-0.05, 0) is 27.7 Å². The maximum atomic E-state index is 5.11. The largest absolute Gasteiger partial charge is 0.366 e. The van der Waals surface area contributed by atoms with E-state index >= 15 is 0 Å². The molecule has 0 saturated carbocycles. The van der Waals surface area contributed by atoms with Gasteiger partial charge in [-0.15, -0.1) is 0 Å².